The van der Waals surface area contributed by atoms with E-state index in [9.17, 15) is 4.79 Å². The summed E-state index contributed by atoms with van der Waals surface area (Å²) in [6.45, 7) is 1.32. The molecule has 0 aliphatic carbocycles. The summed E-state index contributed by atoms with van der Waals surface area (Å²) in [4.78, 5) is 15.5. The zero-order chi connectivity index (χ0) is 14.5. The number of hydrogen-bond donors (Lipinski definition) is 0. The molecule has 1 aromatic heterocycles. The summed E-state index contributed by atoms with van der Waals surface area (Å²) in [5, 5.41) is 0. The fraction of sp³-hybridized carbons (Fsp3) is 0.176. The maximum Gasteiger partial charge on any atom is 0.185 e. The number of aromatic nitrogens is 2. The minimum absolute atomic E-state index is 0.468. The van der Waals surface area contributed by atoms with E-state index in [-0.39, 0.29) is 0 Å². The lowest BCUT2D eigenvalue weighted by atomic mass is 10.3. The molecule has 4 nitrogen and oxygen atoms in total. The summed E-state index contributed by atoms with van der Waals surface area (Å²) in [5.41, 5.74) is 1.84. The van der Waals surface area contributed by atoms with Crippen LogP contribution in [0.25, 0.3) is 11.0 Å². The van der Waals surface area contributed by atoms with E-state index in [4.69, 9.17) is 4.74 Å². The zero-order valence-corrected chi connectivity index (χ0v) is 11.6. The van der Waals surface area contributed by atoms with Crippen LogP contribution in [0.5, 0.6) is 5.75 Å². The van der Waals surface area contributed by atoms with Gasteiger partial charge in [0.05, 0.1) is 17.6 Å². The Bertz CT molecular complexity index is 735. The fourth-order valence-electron chi connectivity index (χ4n) is 2.35. The molecule has 3 aromatic rings. The summed E-state index contributed by atoms with van der Waals surface area (Å²) < 4.78 is 7.61. The molecule has 0 fully saturated rings. The summed E-state index contributed by atoms with van der Waals surface area (Å²) in [6.07, 6.45) is 1.62. The van der Waals surface area contributed by atoms with Crippen LogP contribution in [0.4, 0.5) is 0 Å². The Balaban J connectivity index is 1.66. The van der Waals surface area contributed by atoms with Crippen LogP contribution in [0.15, 0.2) is 54.6 Å². The molecule has 21 heavy (non-hydrogen) atoms. The van der Waals surface area contributed by atoms with Gasteiger partial charge >= 0.3 is 0 Å². The van der Waals surface area contributed by atoms with Crippen molar-refractivity contribution in [3.63, 3.8) is 0 Å². The molecule has 0 unspecified atom stereocenters. The second-order valence-corrected chi connectivity index (χ2v) is 4.74. The van der Waals surface area contributed by atoms with Crippen LogP contribution in [0.2, 0.25) is 0 Å². The van der Waals surface area contributed by atoms with Gasteiger partial charge in [-0.2, -0.15) is 0 Å². The van der Waals surface area contributed by atoms with Crippen LogP contribution in [-0.4, -0.2) is 22.4 Å². The molecule has 0 bridgehead atoms. The van der Waals surface area contributed by atoms with Gasteiger partial charge in [0.25, 0.3) is 0 Å². The molecule has 0 saturated carbocycles. The van der Waals surface area contributed by atoms with Crippen molar-refractivity contribution in [1.29, 1.82) is 0 Å². The minimum atomic E-state index is 0.468. The van der Waals surface area contributed by atoms with Crippen molar-refractivity contribution in [1.82, 2.24) is 9.55 Å². The van der Waals surface area contributed by atoms with Crippen LogP contribution < -0.4 is 4.74 Å². The summed E-state index contributed by atoms with van der Waals surface area (Å²) in [6, 6.07) is 17.5. The third-order valence-corrected chi connectivity index (χ3v) is 3.33. The summed E-state index contributed by atoms with van der Waals surface area (Å²) >= 11 is 0. The topological polar surface area (TPSA) is 44.1 Å². The molecule has 0 radical (unpaired) electrons. The number of para-hydroxylation sites is 3. The third-order valence-electron chi connectivity index (χ3n) is 3.33. The maximum absolute atomic E-state index is 11.1. The van der Waals surface area contributed by atoms with Crippen molar-refractivity contribution in [2.24, 2.45) is 0 Å². The van der Waals surface area contributed by atoms with Crippen LogP contribution in [0, 0.1) is 0 Å². The minimum Gasteiger partial charge on any atom is -0.494 e. The lowest BCUT2D eigenvalue weighted by Gasteiger charge is -2.08. The molecule has 0 spiro atoms. The van der Waals surface area contributed by atoms with Crippen molar-refractivity contribution in [3.8, 4) is 5.75 Å². The second-order valence-electron chi connectivity index (χ2n) is 4.74. The molecular formula is C17H16N2O2. The Labute approximate surface area is 123 Å². The van der Waals surface area contributed by atoms with Gasteiger partial charge in [-0.25, -0.2) is 4.98 Å². The van der Waals surface area contributed by atoms with Crippen LogP contribution in [0.1, 0.15) is 17.0 Å². The van der Waals surface area contributed by atoms with Crippen LogP contribution in [-0.2, 0) is 6.54 Å². The number of hydrogen-bond acceptors (Lipinski definition) is 3. The lowest BCUT2D eigenvalue weighted by Crippen LogP contribution is -2.07. The predicted octanol–water partition coefficient (Wildman–Crippen LogP) is 3.32. The molecule has 0 atom stereocenters. The van der Waals surface area contributed by atoms with Gasteiger partial charge in [-0.1, -0.05) is 30.3 Å². The highest BCUT2D eigenvalue weighted by atomic mass is 16.5. The van der Waals surface area contributed by atoms with Crippen LogP contribution >= 0.6 is 0 Å². The Morgan fingerprint density at radius 2 is 1.81 bits per heavy atom. The molecule has 0 aliphatic heterocycles. The van der Waals surface area contributed by atoms with E-state index < -0.39 is 0 Å². The Morgan fingerprint density at radius 1 is 1.05 bits per heavy atom. The Hall–Kier alpha value is -2.62. The SMILES string of the molecule is O=Cc1nc2ccccc2n1CCCOc1ccccc1. The molecule has 1 heterocycles. The molecule has 106 valence electrons. The lowest BCUT2D eigenvalue weighted by molar-refractivity contribution is 0.111. The highest BCUT2D eigenvalue weighted by Gasteiger charge is 2.08. The van der Waals surface area contributed by atoms with E-state index >= 15 is 0 Å². The number of carbonyl (C=O) groups excluding carboxylic acids is 1. The normalized spacial score (nSPS) is 10.7. The van der Waals surface area contributed by atoms with E-state index in [1.54, 1.807) is 0 Å². The highest BCUT2D eigenvalue weighted by molar-refractivity contribution is 5.82. The quantitative estimate of drug-likeness (QED) is 0.514. The average molecular weight is 280 g/mol. The van der Waals surface area contributed by atoms with Crippen molar-refractivity contribution in [2.45, 2.75) is 13.0 Å². The van der Waals surface area contributed by atoms with Gasteiger partial charge in [-0.3, -0.25) is 4.79 Å². The van der Waals surface area contributed by atoms with Gasteiger partial charge in [0.2, 0.25) is 0 Å². The summed E-state index contributed by atoms with van der Waals surface area (Å²) in [5.74, 6) is 1.33. The van der Waals surface area contributed by atoms with Crippen molar-refractivity contribution >= 4 is 17.3 Å². The van der Waals surface area contributed by atoms with Crippen molar-refractivity contribution < 1.29 is 9.53 Å². The van der Waals surface area contributed by atoms with E-state index in [0.717, 1.165) is 29.5 Å². The Kier molecular flexibility index (Phi) is 3.96. The second kappa shape index (κ2) is 6.22. The van der Waals surface area contributed by atoms with E-state index in [1.165, 1.54) is 0 Å². The number of rotatable bonds is 6. The first-order valence-electron chi connectivity index (χ1n) is 6.97. The first-order valence-corrected chi connectivity index (χ1v) is 6.97. The van der Waals surface area contributed by atoms with Crippen molar-refractivity contribution in [2.75, 3.05) is 6.61 Å². The molecule has 4 heteroatoms. The van der Waals surface area contributed by atoms with Gasteiger partial charge in [0.15, 0.2) is 12.1 Å². The molecule has 0 amide bonds. The van der Waals surface area contributed by atoms with Gasteiger partial charge in [-0.15, -0.1) is 0 Å². The maximum atomic E-state index is 11.1. The third kappa shape index (κ3) is 2.94. The number of nitrogens with zero attached hydrogens (tertiary/aromatic N) is 2. The van der Waals surface area contributed by atoms with E-state index in [2.05, 4.69) is 4.98 Å². The van der Waals surface area contributed by atoms with Crippen molar-refractivity contribution in [3.05, 3.63) is 60.4 Å². The number of aldehydes is 1. The number of fused-ring (bicyclic) bond motifs is 1. The molecule has 3 rings (SSSR count). The molecule has 0 N–H and O–H groups in total. The number of ether oxygens (including phenoxy) is 1. The van der Waals surface area contributed by atoms with Gasteiger partial charge < -0.3 is 9.30 Å². The largest absolute Gasteiger partial charge is 0.494 e. The van der Waals surface area contributed by atoms with Gasteiger partial charge in [0.1, 0.15) is 5.75 Å². The van der Waals surface area contributed by atoms with Gasteiger partial charge in [-0.05, 0) is 30.7 Å². The van der Waals surface area contributed by atoms with Gasteiger partial charge in [0, 0.05) is 6.54 Å². The van der Waals surface area contributed by atoms with E-state index in [0.29, 0.717) is 19.0 Å². The number of benzene rings is 2. The fourth-order valence-corrected chi connectivity index (χ4v) is 2.35. The number of carbonyl (C=O) groups is 1. The average Bonchev–Trinajstić information content (AvgIpc) is 2.90. The number of aryl methyl sites for hydroxylation is 1. The highest BCUT2D eigenvalue weighted by Crippen LogP contribution is 2.16. The standard InChI is InChI=1S/C17H16N2O2/c20-13-17-18-15-9-4-5-10-16(15)19(17)11-6-12-21-14-7-2-1-3-8-14/h1-5,7-10,13H,6,11-12H2. The Morgan fingerprint density at radius 3 is 2.62 bits per heavy atom. The molecular weight excluding hydrogens is 264 g/mol. The predicted molar refractivity (Wildman–Crippen MR) is 81.7 cm³/mol. The molecule has 0 aliphatic rings. The van der Waals surface area contributed by atoms with Crippen LogP contribution in [0.3, 0.4) is 0 Å². The first-order chi connectivity index (χ1) is 10.4. The monoisotopic (exact) mass is 280 g/mol. The van der Waals surface area contributed by atoms with E-state index in [1.807, 2.05) is 59.2 Å². The smallest absolute Gasteiger partial charge is 0.185 e. The first kappa shape index (κ1) is 13.4. The number of imidazole rings is 1. The summed E-state index contributed by atoms with van der Waals surface area (Å²) in [7, 11) is 0. The molecule has 2 aromatic carbocycles. The molecule has 0 saturated heterocycles. The zero-order valence-electron chi connectivity index (χ0n) is 11.6.